The predicted molar refractivity (Wildman–Crippen MR) is 44.8 cm³/mol. The van der Waals surface area contributed by atoms with Gasteiger partial charge in [-0.25, -0.2) is 9.59 Å². The van der Waals surface area contributed by atoms with E-state index in [1.165, 1.54) is 12.1 Å². The summed E-state index contributed by atoms with van der Waals surface area (Å²) in [5, 5.41) is 17.1. The van der Waals surface area contributed by atoms with Crippen molar-refractivity contribution in [3.05, 3.63) is 29.3 Å². The van der Waals surface area contributed by atoms with Gasteiger partial charge in [-0.1, -0.05) is 0 Å². The van der Waals surface area contributed by atoms with E-state index in [0.29, 0.717) is 0 Å². The van der Waals surface area contributed by atoms with Crippen LogP contribution in [0.25, 0.3) is 0 Å². The summed E-state index contributed by atoms with van der Waals surface area (Å²) in [4.78, 5) is 20.9. The number of anilines is 1. The molecule has 0 aromatic heterocycles. The maximum Gasteiger partial charge on any atom is 0.337 e. The van der Waals surface area contributed by atoms with E-state index in [4.69, 9.17) is 15.9 Å². The zero-order chi connectivity index (χ0) is 10.0. The minimum absolute atomic E-state index is 0. The Kier molecular flexibility index (Phi) is 4.50. The molecule has 0 heterocycles. The van der Waals surface area contributed by atoms with Gasteiger partial charge in [0.1, 0.15) is 0 Å². The summed E-state index contributed by atoms with van der Waals surface area (Å²) < 4.78 is 0. The fourth-order valence-electron chi connectivity index (χ4n) is 0.891. The zero-order valence-corrected chi connectivity index (χ0v) is 9.48. The van der Waals surface area contributed by atoms with Crippen LogP contribution in [-0.2, 0) is 26.2 Å². The maximum absolute atomic E-state index is 10.5. The molecule has 1 rings (SSSR count). The second-order valence-corrected chi connectivity index (χ2v) is 2.41. The Balaban J connectivity index is 0.00000169. The number of hydrogen-bond acceptors (Lipinski definition) is 3. The average Bonchev–Trinajstić information content (AvgIpc) is 2.03. The molecule has 5 nitrogen and oxygen atoms in total. The van der Waals surface area contributed by atoms with E-state index >= 15 is 0 Å². The number of carboxylic acid groups (broad SMARTS) is 2. The zero-order valence-electron chi connectivity index (χ0n) is 7.02. The SMILES string of the molecule is Nc1cc(C(=O)O)ccc1C(=O)O.[Zr]. The van der Waals surface area contributed by atoms with Gasteiger partial charge >= 0.3 is 11.9 Å². The number of carbonyl (C=O) groups is 2. The Labute approximate surface area is 98.7 Å². The molecule has 1 aromatic rings. The summed E-state index contributed by atoms with van der Waals surface area (Å²) in [5.41, 5.74) is 5.15. The Morgan fingerprint density at radius 1 is 1.14 bits per heavy atom. The predicted octanol–water partition coefficient (Wildman–Crippen LogP) is 0.663. The molecule has 72 valence electrons. The van der Waals surface area contributed by atoms with Crippen molar-refractivity contribution < 1.29 is 46.0 Å². The molecule has 0 aliphatic carbocycles. The van der Waals surface area contributed by atoms with Gasteiger partial charge in [-0.05, 0) is 18.2 Å². The van der Waals surface area contributed by atoms with Crippen LogP contribution in [0.15, 0.2) is 18.2 Å². The number of nitrogen functional groups attached to an aromatic ring is 1. The third kappa shape index (κ3) is 2.67. The van der Waals surface area contributed by atoms with Gasteiger partial charge in [-0.3, -0.25) is 0 Å². The number of rotatable bonds is 2. The first kappa shape index (κ1) is 12.8. The summed E-state index contributed by atoms with van der Waals surface area (Å²) in [6, 6.07) is 3.48. The number of nitrogens with two attached hydrogens (primary N) is 1. The molecule has 0 aliphatic heterocycles. The van der Waals surface area contributed by atoms with Crippen LogP contribution in [0.1, 0.15) is 20.7 Å². The molecule has 0 spiro atoms. The molecule has 1 aromatic carbocycles. The minimum atomic E-state index is -1.17. The maximum atomic E-state index is 10.5. The van der Waals surface area contributed by atoms with Gasteiger partial charge in [0.25, 0.3) is 0 Å². The van der Waals surface area contributed by atoms with Gasteiger partial charge in [0.15, 0.2) is 0 Å². The molecule has 0 amide bonds. The molecular formula is C8H7NO4Zr. The summed E-state index contributed by atoms with van der Waals surface area (Å²) in [5.74, 6) is -2.31. The van der Waals surface area contributed by atoms with Gasteiger partial charge in [0, 0.05) is 31.9 Å². The molecule has 14 heavy (non-hydrogen) atoms. The van der Waals surface area contributed by atoms with Crippen LogP contribution in [0.5, 0.6) is 0 Å². The fourth-order valence-corrected chi connectivity index (χ4v) is 0.891. The molecular weight excluding hydrogens is 265 g/mol. The van der Waals surface area contributed by atoms with Crippen molar-refractivity contribution in [1.29, 1.82) is 0 Å². The monoisotopic (exact) mass is 271 g/mol. The Bertz CT molecular complexity index is 378. The normalized spacial score (nSPS) is 8.86. The summed E-state index contributed by atoms with van der Waals surface area (Å²) in [6.07, 6.45) is 0. The molecule has 0 saturated heterocycles. The third-order valence-corrected chi connectivity index (χ3v) is 1.53. The van der Waals surface area contributed by atoms with E-state index in [-0.39, 0.29) is 43.0 Å². The van der Waals surface area contributed by atoms with Gasteiger partial charge in [0.2, 0.25) is 0 Å². The van der Waals surface area contributed by atoms with Crippen LogP contribution in [0.2, 0.25) is 0 Å². The van der Waals surface area contributed by atoms with Gasteiger partial charge in [-0.2, -0.15) is 0 Å². The van der Waals surface area contributed by atoms with Gasteiger partial charge in [0.05, 0.1) is 11.1 Å². The van der Waals surface area contributed by atoms with E-state index in [1.807, 2.05) is 0 Å². The second-order valence-electron chi connectivity index (χ2n) is 2.41. The molecule has 0 aliphatic rings. The molecule has 0 fully saturated rings. The van der Waals surface area contributed by atoms with E-state index in [1.54, 1.807) is 0 Å². The second kappa shape index (κ2) is 4.91. The molecule has 0 atom stereocenters. The van der Waals surface area contributed by atoms with Crippen molar-refractivity contribution in [3.8, 4) is 0 Å². The molecule has 4 N–H and O–H groups in total. The largest absolute Gasteiger partial charge is 0.478 e. The standard InChI is InChI=1S/C8H7NO4.Zr/c9-6-3-4(7(10)11)1-2-5(6)8(12)13;/h1-3H,9H2,(H,10,11)(H,12,13);. The Morgan fingerprint density at radius 2 is 1.71 bits per heavy atom. The van der Waals surface area contributed by atoms with E-state index < -0.39 is 11.9 Å². The van der Waals surface area contributed by atoms with Crippen molar-refractivity contribution in [2.24, 2.45) is 0 Å². The number of benzene rings is 1. The van der Waals surface area contributed by atoms with Crippen molar-refractivity contribution in [2.45, 2.75) is 0 Å². The van der Waals surface area contributed by atoms with Crippen LogP contribution in [0, 0.1) is 0 Å². The average molecular weight is 272 g/mol. The van der Waals surface area contributed by atoms with E-state index in [0.717, 1.165) is 6.07 Å². The summed E-state index contributed by atoms with van der Waals surface area (Å²) in [6.45, 7) is 0. The van der Waals surface area contributed by atoms with Crippen LogP contribution in [-0.4, -0.2) is 22.2 Å². The number of carboxylic acids is 2. The summed E-state index contributed by atoms with van der Waals surface area (Å²) in [7, 11) is 0. The van der Waals surface area contributed by atoms with Crippen LogP contribution in [0.3, 0.4) is 0 Å². The molecule has 0 radical (unpaired) electrons. The minimum Gasteiger partial charge on any atom is -0.478 e. The molecule has 6 heteroatoms. The smallest absolute Gasteiger partial charge is 0.337 e. The van der Waals surface area contributed by atoms with E-state index in [9.17, 15) is 9.59 Å². The van der Waals surface area contributed by atoms with Crippen LogP contribution in [0.4, 0.5) is 5.69 Å². The van der Waals surface area contributed by atoms with Crippen molar-refractivity contribution >= 4 is 17.6 Å². The van der Waals surface area contributed by atoms with Gasteiger partial charge in [-0.15, -0.1) is 0 Å². The number of hydrogen-bond donors (Lipinski definition) is 3. The number of aromatic carboxylic acids is 2. The first-order chi connectivity index (χ1) is 6.02. The van der Waals surface area contributed by atoms with Gasteiger partial charge < -0.3 is 15.9 Å². The topological polar surface area (TPSA) is 101 Å². The van der Waals surface area contributed by atoms with Crippen LogP contribution >= 0.6 is 0 Å². The summed E-state index contributed by atoms with van der Waals surface area (Å²) >= 11 is 0. The first-order valence-electron chi connectivity index (χ1n) is 3.38. The first-order valence-corrected chi connectivity index (χ1v) is 3.38. The van der Waals surface area contributed by atoms with E-state index in [2.05, 4.69) is 0 Å². The van der Waals surface area contributed by atoms with Crippen molar-refractivity contribution in [3.63, 3.8) is 0 Å². The Morgan fingerprint density at radius 3 is 2.07 bits per heavy atom. The third-order valence-electron chi connectivity index (χ3n) is 1.53. The Hall–Kier alpha value is -1.16. The molecule has 0 bridgehead atoms. The quantitative estimate of drug-likeness (QED) is 0.687. The molecule has 0 saturated carbocycles. The van der Waals surface area contributed by atoms with Crippen molar-refractivity contribution in [1.82, 2.24) is 0 Å². The fraction of sp³-hybridized carbons (Fsp3) is 0. The van der Waals surface area contributed by atoms with Crippen LogP contribution < -0.4 is 5.73 Å². The molecule has 0 unspecified atom stereocenters. The van der Waals surface area contributed by atoms with Crippen molar-refractivity contribution in [2.75, 3.05) is 5.73 Å².